The van der Waals surface area contributed by atoms with Gasteiger partial charge in [0.1, 0.15) is 11.4 Å². The summed E-state index contributed by atoms with van der Waals surface area (Å²) in [6.07, 6.45) is 3.09. The molecule has 0 unspecified atom stereocenters. The van der Waals surface area contributed by atoms with Gasteiger partial charge in [0.2, 0.25) is 5.88 Å². The summed E-state index contributed by atoms with van der Waals surface area (Å²) >= 11 is 0. The van der Waals surface area contributed by atoms with Crippen LogP contribution in [0.1, 0.15) is 10.4 Å². The normalized spacial score (nSPS) is 10.1. The van der Waals surface area contributed by atoms with Crippen LogP contribution in [-0.2, 0) is 0 Å². The molecule has 2 aromatic rings. The van der Waals surface area contributed by atoms with Crippen LogP contribution >= 0.6 is 0 Å². The van der Waals surface area contributed by atoms with Crippen LogP contribution in [0.5, 0.6) is 5.88 Å². The second kappa shape index (κ2) is 4.70. The number of rotatable bonds is 3. The Morgan fingerprint density at radius 2 is 2.00 bits per heavy atom. The first kappa shape index (κ1) is 11.8. The van der Waals surface area contributed by atoms with E-state index in [0.717, 1.165) is 5.56 Å². The van der Waals surface area contributed by atoms with Gasteiger partial charge in [0.25, 0.3) is 0 Å². The van der Waals surface area contributed by atoms with E-state index in [4.69, 9.17) is 15.6 Å². The number of hydrogen-bond acceptors (Lipinski definition) is 5. The molecule has 2 heterocycles. The highest BCUT2D eigenvalue weighted by Crippen LogP contribution is 2.22. The van der Waals surface area contributed by atoms with Crippen molar-refractivity contribution in [3.63, 3.8) is 0 Å². The van der Waals surface area contributed by atoms with Crippen LogP contribution in [0.2, 0.25) is 0 Å². The monoisotopic (exact) mass is 245 g/mol. The van der Waals surface area contributed by atoms with Gasteiger partial charge >= 0.3 is 5.97 Å². The standard InChI is InChI=1S/C12H11N3O3/c1-18-10-3-2-7(5-14-10)8-4-9(12(16)17)11(13)15-6-8/h2-6H,1H3,(H2,13,15)(H,16,17). The first-order chi connectivity index (χ1) is 8.61. The molecule has 92 valence electrons. The zero-order valence-corrected chi connectivity index (χ0v) is 9.62. The highest BCUT2D eigenvalue weighted by Gasteiger charge is 2.11. The summed E-state index contributed by atoms with van der Waals surface area (Å²) in [6, 6.07) is 4.92. The number of anilines is 1. The number of nitrogens with zero attached hydrogens (tertiary/aromatic N) is 2. The molecule has 0 aliphatic rings. The van der Waals surface area contributed by atoms with Gasteiger partial charge in [-0.05, 0) is 12.1 Å². The summed E-state index contributed by atoms with van der Waals surface area (Å²) < 4.78 is 4.95. The fraction of sp³-hybridized carbons (Fsp3) is 0.0833. The SMILES string of the molecule is COc1ccc(-c2cnc(N)c(C(=O)O)c2)cn1. The third-order valence-electron chi connectivity index (χ3n) is 2.43. The first-order valence-electron chi connectivity index (χ1n) is 5.11. The molecule has 6 heteroatoms. The summed E-state index contributed by atoms with van der Waals surface area (Å²) in [6.45, 7) is 0. The van der Waals surface area contributed by atoms with E-state index in [1.165, 1.54) is 19.4 Å². The fourth-order valence-electron chi connectivity index (χ4n) is 1.48. The average Bonchev–Trinajstić information content (AvgIpc) is 2.39. The number of nitrogens with two attached hydrogens (primary N) is 1. The number of carbonyl (C=O) groups is 1. The van der Waals surface area contributed by atoms with Crippen LogP contribution in [0.4, 0.5) is 5.82 Å². The van der Waals surface area contributed by atoms with Crippen molar-refractivity contribution >= 4 is 11.8 Å². The minimum absolute atomic E-state index is 0.00674. The molecular formula is C12H11N3O3. The third-order valence-corrected chi connectivity index (χ3v) is 2.43. The lowest BCUT2D eigenvalue weighted by molar-refractivity contribution is 0.0697. The second-order valence-electron chi connectivity index (χ2n) is 3.55. The van der Waals surface area contributed by atoms with Crippen molar-refractivity contribution in [2.45, 2.75) is 0 Å². The van der Waals surface area contributed by atoms with E-state index in [-0.39, 0.29) is 11.4 Å². The number of carboxylic acids is 1. The van der Waals surface area contributed by atoms with Crippen LogP contribution in [0, 0.1) is 0 Å². The van der Waals surface area contributed by atoms with Gasteiger partial charge in [0.05, 0.1) is 7.11 Å². The molecule has 0 aliphatic heterocycles. The van der Waals surface area contributed by atoms with Crippen LogP contribution in [0.25, 0.3) is 11.1 Å². The molecule has 0 atom stereocenters. The smallest absolute Gasteiger partial charge is 0.339 e. The summed E-state index contributed by atoms with van der Waals surface area (Å²) in [5.74, 6) is -0.628. The number of methoxy groups -OCH3 is 1. The molecule has 2 aromatic heterocycles. The van der Waals surface area contributed by atoms with Crippen molar-refractivity contribution in [3.05, 3.63) is 36.2 Å². The van der Waals surface area contributed by atoms with Gasteiger partial charge < -0.3 is 15.6 Å². The lowest BCUT2D eigenvalue weighted by Gasteiger charge is -2.05. The van der Waals surface area contributed by atoms with Crippen LogP contribution in [0.3, 0.4) is 0 Å². The molecule has 0 aromatic carbocycles. The van der Waals surface area contributed by atoms with Gasteiger partial charge in [-0.15, -0.1) is 0 Å². The Kier molecular flexibility index (Phi) is 3.09. The fourth-order valence-corrected chi connectivity index (χ4v) is 1.48. The minimum Gasteiger partial charge on any atom is -0.481 e. The van der Waals surface area contributed by atoms with Crippen LogP contribution in [-0.4, -0.2) is 28.2 Å². The largest absolute Gasteiger partial charge is 0.481 e. The van der Waals surface area contributed by atoms with Crippen molar-refractivity contribution in [1.29, 1.82) is 0 Å². The van der Waals surface area contributed by atoms with Crippen molar-refractivity contribution in [2.75, 3.05) is 12.8 Å². The number of pyridine rings is 2. The predicted molar refractivity (Wildman–Crippen MR) is 65.4 cm³/mol. The average molecular weight is 245 g/mol. The number of hydrogen-bond donors (Lipinski definition) is 2. The third kappa shape index (κ3) is 2.22. The van der Waals surface area contributed by atoms with E-state index in [9.17, 15) is 4.79 Å². The maximum Gasteiger partial charge on any atom is 0.339 e. The molecular weight excluding hydrogens is 234 g/mol. The number of ether oxygens (including phenoxy) is 1. The molecule has 0 saturated carbocycles. The van der Waals surface area contributed by atoms with Crippen LogP contribution < -0.4 is 10.5 Å². The van der Waals surface area contributed by atoms with E-state index < -0.39 is 5.97 Å². The van der Waals surface area contributed by atoms with E-state index in [1.807, 2.05) is 0 Å². The maximum atomic E-state index is 11.0. The topological polar surface area (TPSA) is 98.3 Å². The van der Waals surface area contributed by atoms with Crippen molar-refractivity contribution in [3.8, 4) is 17.0 Å². The van der Waals surface area contributed by atoms with E-state index >= 15 is 0 Å². The zero-order chi connectivity index (χ0) is 13.1. The lowest BCUT2D eigenvalue weighted by Crippen LogP contribution is -2.04. The number of carboxylic acid groups (broad SMARTS) is 1. The number of aromatic carboxylic acids is 1. The van der Waals surface area contributed by atoms with Gasteiger partial charge in [0, 0.05) is 29.6 Å². The molecule has 6 nitrogen and oxygen atoms in total. The molecule has 0 aliphatic carbocycles. The molecule has 0 saturated heterocycles. The van der Waals surface area contributed by atoms with Crippen molar-refractivity contribution in [1.82, 2.24) is 9.97 Å². The molecule has 0 bridgehead atoms. The molecule has 3 N–H and O–H groups in total. The summed E-state index contributed by atoms with van der Waals surface area (Å²) in [5.41, 5.74) is 6.84. The second-order valence-corrected chi connectivity index (χ2v) is 3.55. The Hall–Kier alpha value is -2.63. The highest BCUT2D eigenvalue weighted by atomic mass is 16.5. The highest BCUT2D eigenvalue weighted by molar-refractivity contribution is 5.94. The zero-order valence-electron chi connectivity index (χ0n) is 9.62. The van der Waals surface area contributed by atoms with E-state index in [2.05, 4.69) is 9.97 Å². The number of nitrogen functional groups attached to an aromatic ring is 1. The van der Waals surface area contributed by atoms with Gasteiger partial charge in [-0.3, -0.25) is 0 Å². The van der Waals surface area contributed by atoms with Gasteiger partial charge in [-0.2, -0.15) is 0 Å². The molecule has 2 rings (SSSR count). The molecule has 0 amide bonds. The van der Waals surface area contributed by atoms with Crippen molar-refractivity contribution < 1.29 is 14.6 Å². The van der Waals surface area contributed by atoms with Gasteiger partial charge in [0.15, 0.2) is 0 Å². The molecule has 0 fully saturated rings. The van der Waals surface area contributed by atoms with Crippen molar-refractivity contribution in [2.24, 2.45) is 0 Å². The number of aromatic nitrogens is 2. The van der Waals surface area contributed by atoms with E-state index in [1.54, 1.807) is 18.3 Å². The van der Waals surface area contributed by atoms with Gasteiger partial charge in [-0.1, -0.05) is 0 Å². The van der Waals surface area contributed by atoms with Crippen LogP contribution in [0.15, 0.2) is 30.6 Å². The van der Waals surface area contributed by atoms with E-state index in [0.29, 0.717) is 11.4 Å². The minimum atomic E-state index is -1.11. The predicted octanol–water partition coefficient (Wildman–Crippen LogP) is 1.43. The Balaban J connectivity index is 2.44. The molecule has 18 heavy (non-hydrogen) atoms. The lowest BCUT2D eigenvalue weighted by atomic mass is 10.1. The molecule has 0 spiro atoms. The Morgan fingerprint density at radius 1 is 1.28 bits per heavy atom. The molecule has 0 radical (unpaired) electrons. The summed E-state index contributed by atoms with van der Waals surface area (Å²) in [5, 5.41) is 8.96. The quantitative estimate of drug-likeness (QED) is 0.848. The Morgan fingerprint density at radius 3 is 2.56 bits per heavy atom. The maximum absolute atomic E-state index is 11.0. The summed E-state index contributed by atoms with van der Waals surface area (Å²) in [7, 11) is 1.52. The Labute approximate surface area is 103 Å². The summed E-state index contributed by atoms with van der Waals surface area (Å²) in [4.78, 5) is 18.8. The Bertz CT molecular complexity index is 582. The first-order valence-corrected chi connectivity index (χ1v) is 5.11. The van der Waals surface area contributed by atoms with Gasteiger partial charge in [-0.25, -0.2) is 14.8 Å².